The Labute approximate surface area is 127 Å². The van der Waals surface area contributed by atoms with Gasteiger partial charge in [-0.2, -0.15) is 0 Å². The molecule has 0 spiro atoms. The molecular formula is C18H16BrN. The van der Waals surface area contributed by atoms with Crippen molar-refractivity contribution in [3.05, 3.63) is 82.5 Å². The summed E-state index contributed by atoms with van der Waals surface area (Å²) in [5, 5.41) is 1.31. The maximum atomic E-state index is 3.88. The first kappa shape index (κ1) is 13.2. The minimum Gasteiger partial charge on any atom is -0.358 e. The van der Waals surface area contributed by atoms with Crippen molar-refractivity contribution in [2.24, 2.45) is 0 Å². The monoisotopic (exact) mass is 325 g/mol. The lowest BCUT2D eigenvalue weighted by molar-refractivity contribution is 1.07. The van der Waals surface area contributed by atoms with Crippen LogP contribution in [0.3, 0.4) is 0 Å². The number of benzene rings is 2. The van der Waals surface area contributed by atoms with Crippen molar-refractivity contribution in [3.63, 3.8) is 0 Å². The fourth-order valence-electron chi connectivity index (χ4n) is 2.59. The Bertz CT molecular complexity index is 738. The molecule has 0 amide bonds. The van der Waals surface area contributed by atoms with Gasteiger partial charge < -0.3 is 4.98 Å². The van der Waals surface area contributed by atoms with Gasteiger partial charge in [-0.05, 0) is 35.7 Å². The highest BCUT2D eigenvalue weighted by Gasteiger charge is 2.10. The molecule has 1 heterocycles. The molecule has 0 saturated carbocycles. The SMILES string of the molecule is C=CCc1c(Cc2ccc(Br)cc2)[nH]c2ccccc12. The first-order chi connectivity index (χ1) is 9.78. The molecule has 1 N–H and O–H groups in total. The van der Waals surface area contributed by atoms with E-state index < -0.39 is 0 Å². The predicted molar refractivity (Wildman–Crippen MR) is 89.1 cm³/mol. The van der Waals surface area contributed by atoms with Crippen LogP contribution >= 0.6 is 15.9 Å². The van der Waals surface area contributed by atoms with E-state index in [-0.39, 0.29) is 0 Å². The van der Waals surface area contributed by atoms with Gasteiger partial charge >= 0.3 is 0 Å². The summed E-state index contributed by atoms with van der Waals surface area (Å²) in [6, 6.07) is 17.0. The number of aromatic nitrogens is 1. The van der Waals surface area contributed by atoms with Crippen LogP contribution in [-0.2, 0) is 12.8 Å². The first-order valence-electron chi connectivity index (χ1n) is 6.71. The van der Waals surface area contributed by atoms with E-state index in [1.807, 2.05) is 6.08 Å². The molecule has 0 bridgehead atoms. The van der Waals surface area contributed by atoms with E-state index in [1.165, 1.54) is 27.7 Å². The third-order valence-electron chi connectivity index (χ3n) is 3.54. The van der Waals surface area contributed by atoms with Gasteiger partial charge in [0.25, 0.3) is 0 Å². The van der Waals surface area contributed by atoms with Crippen molar-refractivity contribution >= 4 is 26.8 Å². The number of nitrogens with one attached hydrogen (secondary N) is 1. The normalized spacial score (nSPS) is 10.8. The molecule has 2 aromatic carbocycles. The molecular weight excluding hydrogens is 310 g/mol. The lowest BCUT2D eigenvalue weighted by atomic mass is 10.0. The average molecular weight is 326 g/mol. The summed E-state index contributed by atoms with van der Waals surface area (Å²) in [6.45, 7) is 3.88. The van der Waals surface area contributed by atoms with Gasteiger partial charge in [0.05, 0.1) is 0 Å². The van der Waals surface area contributed by atoms with Crippen LogP contribution in [0.5, 0.6) is 0 Å². The zero-order valence-corrected chi connectivity index (χ0v) is 12.8. The van der Waals surface area contributed by atoms with Crippen LogP contribution < -0.4 is 0 Å². The summed E-state index contributed by atoms with van der Waals surface area (Å²) in [5.74, 6) is 0. The van der Waals surface area contributed by atoms with Gasteiger partial charge in [-0.3, -0.25) is 0 Å². The van der Waals surface area contributed by atoms with Gasteiger partial charge in [-0.15, -0.1) is 6.58 Å². The highest BCUT2D eigenvalue weighted by molar-refractivity contribution is 9.10. The molecule has 0 aliphatic rings. The van der Waals surface area contributed by atoms with Crippen LogP contribution in [0.4, 0.5) is 0 Å². The number of H-pyrrole nitrogens is 1. The Morgan fingerprint density at radius 2 is 1.80 bits per heavy atom. The quantitative estimate of drug-likeness (QED) is 0.630. The van der Waals surface area contributed by atoms with Crippen LogP contribution in [0.1, 0.15) is 16.8 Å². The van der Waals surface area contributed by atoms with Gasteiger partial charge in [0.1, 0.15) is 0 Å². The Hall–Kier alpha value is -1.80. The lowest BCUT2D eigenvalue weighted by Gasteiger charge is -2.03. The summed E-state index contributed by atoms with van der Waals surface area (Å²) >= 11 is 3.48. The van der Waals surface area contributed by atoms with Crippen molar-refractivity contribution in [3.8, 4) is 0 Å². The Balaban J connectivity index is 2.03. The topological polar surface area (TPSA) is 15.8 Å². The highest BCUT2D eigenvalue weighted by Crippen LogP contribution is 2.25. The standard InChI is InChI=1S/C18H16BrN/c1-2-5-15-16-6-3-4-7-17(16)20-18(15)12-13-8-10-14(19)11-9-13/h2-4,6-11,20H,1,5,12H2. The molecule has 3 aromatic rings. The number of allylic oxidation sites excluding steroid dienone is 1. The second-order valence-electron chi connectivity index (χ2n) is 4.92. The van der Waals surface area contributed by atoms with Crippen LogP contribution in [0.25, 0.3) is 10.9 Å². The smallest absolute Gasteiger partial charge is 0.0459 e. The van der Waals surface area contributed by atoms with Crippen molar-refractivity contribution in [2.45, 2.75) is 12.8 Å². The van der Waals surface area contributed by atoms with Crippen molar-refractivity contribution in [1.82, 2.24) is 4.98 Å². The summed E-state index contributed by atoms with van der Waals surface area (Å²) in [4.78, 5) is 3.55. The second kappa shape index (κ2) is 5.68. The molecule has 0 radical (unpaired) electrons. The maximum Gasteiger partial charge on any atom is 0.0459 e. The van der Waals surface area contributed by atoms with Crippen molar-refractivity contribution in [1.29, 1.82) is 0 Å². The van der Waals surface area contributed by atoms with Crippen LogP contribution in [0, 0.1) is 0 Å². The first-order valence-corrected chi connectivity index (χ1v) is 7.51. The third kappa shape index (κ3) is 2.56. The minimum atomic E-state index is 0.899. The molecule has 2 heteroatoms. The Morgan fingerprint density at radius 1 is 1.05 bits per heavy atom. The summed E-state index contributed by atoms with van der Waals surface area (Å²) in [6.07, 6.45) is 3.79. The van der Waals surface area contributed by atoms with Gasteiger partial charge in [0, 0.05) is 27.5 Å². The van der Waals surface area contributed by atoms with E-state index in [9.17, 15) is 0 Å². The number of aromatic amines is 1. The highest BCUT2D eigenvalue weighted by atomic mass is 79.9. The zero-order valence-electron chi connectivity index (χ0n) is 11.2. The molecule has 3 rings (SSSR count). The molecule has 0 saturated heterocycles. The molecule has 0 unspecified atom stereocenters. The van der Waals surface area contributed by atoms with Crippen molar-refractivity contribution < 1.29 is 0 Å². The Morgan fingerprint density at radius 3 is 2.55 bits per heavy atom. The maximum absolute atomic E-state index is 3.88. The number of fused-ring (bicyclic) bond motifs is 1. The molecule has 0 aliphatic carbocycles. The lowest BCUT2D eigenvalue weighted by Crippen LogP contribution is -1.93. The van der Waals surface area contributed by atoms with Gasteiger partial charge in [0.2, 0.25) is 0 Å². The van der Waals surface area contributed by atoms with E-state index in [0.29, 0.717) is 0 Å². The van der Waals surface area contributed by atoms with E-state index in [4.69, 9.17) is 0 Å². The Kier molecular flexibility index (Phi) is 3.75. The van der Waals surface area contributed by atoms with E-state index in [1.54, 1.807) is 0 Å². The van der Waals surface area contributed by atoms with Gasteiger partial charge in [-0.1, -0.05) is 52.3 Å². The van der Waals surface area contributed by atoms with Crippen LogP contribution in [-0.4, -0.2) is 4.98 Å². The zero-order chi connectivity index (χ0) is 13.9. The summed E-state index contributed by atoms with van der Waals surface area (Å²) < 4.78 is 1.12. The van der Waals surface area contributed by atoms with Gasteiger partial charge in [-0.25, -0.2) is 0 Å². The van der Waals surface area contributed by atoms with Crippen LogP contribution in [0.15, 0.2) is 65.7 Å². The van der Waals surface area contributed by atoms with E-state index >= 15 is 0 Å². The van der Waals surface area contributed by atoms with Gasteiger partial charge in [0.15, 0.2) is 0 Å². The largest absolute Gasteiger partial charge is 0.358 e. The van der Waals surface area contributed by atoms with E-state index in [2.05, 4.69) is 76.0 Å². The molecule has 0 atom stereocenters. The number of hydrogen-bond acceptors (Lipinski definition) is 0. The van der Waals surface area contributed by atoms with Crippen molar-refractivity contribution in [2.75, 3.05) is 0 Å². The fraction of sp³-hybridized carbons (Fsp3) is 0.111. The minimum absolute atomic E-state index is 0.899. The molecule has 0 fully saturated rings. The average Bonchev–Trinajstić information content (AvgIpc) is 2.80. The van der Waals surface area contributed by atoms with E-state index in [0.717, 1.165) is 17.3 Å². The molecule has 100 valence electrons. The summed E-state index contributed by atoms with van der Waals surface area (Å²) in [7, 11) is 0. The molecule has 0 aliphatic heterocycles. The third-order valence-corrected chi connectivity index (χ3v) is 4.07. The molecule has 1 nitrogen and oxygen atoms in total. The fourth-order valence-corrected chi connectivity index (χ4v) is 2.85. The number of hydrogen-bond donors (Lipinski definition) is 1. The number of halogens is 1. The molecule has 1 aromatic heterocycles. The second-order valence-corrected chi connectivity index (χ2v) is 5.84. The predicted octanol–water partition coefficient (Wildman–Crippen LogP) is 5.25. The summed E-state index contributed by atoms with van der Waals surface area (Å²) in [5.41, 5.74) is 5.16. The van der Waals surface area contributed by atoms with Crippen LogP contribution in [0.2, 0.25) is 0 Å². The number of rotatable bonds is 4. The number of para-hydroxylation sites is 1. The molecule has 20 heavy (non-hydrogen) atoms.